The van der Waals surface area contributed by atoms with Crippen LogP contribution in [-0.4, -0.2) is 32.2 Å². The van der Waals surface area contributed by atoms with Crippen LogP contribution in [0.2, 0.25) is 0 Å². The minimum Gasteiger partial charge on any atom is -0.493 e. The molecular formula is C22H23N3O3. The monoisotopic (exact) mass is 377 g/mol. The third kappa shape index (κ3) is 4.40. The Morgan fingerprint density at radius 2 is 1.75 bits per heavy atom. The van der Waals surface area contributed by atoms with E-state index in [-0.39, 0.29) is 5.91 Å². The summed E-state index contributed by atoms with van der Waals surface area (Å²) in [6, 6.07) is 18.8. The van der Waals surface area contributed by atoms with Crippen molar-refractivity contribution in [3.05, 3.63) is 78.1 Å². The molecule has 6 heteroatoms. The minimum atomic E-state index is -0.155. The van der Waals surface area contributed by atoms with E-state index in [4.69, 9.17) is 9.47 Å². The second kappa shape index (κ2) is 8.90. The van der Waals surface area contributed by atoms with Crippen molar-refractivity contribution in [2.24, 2.45) is 0 Å². The quantitative estimate of drug-likeness (QED) is 0.675. The number of aromatic nitrogens is 1. The Bertz CT molecular complexity index is 928. The molecule has 1 aromatic heterocycles. The van der Waals surface area contributed by atoms with Gasteiger partial charge in [0, 0.05) is 19.3 Å². The highest BCUT2D eigenvalue weighted by Gasteiger charge is 2.14. The van der Waals surface area contributed by atoms with Crippen molar-refractivity contribution in [3.8, 4) is 11.5 Å². The number of methoxy groups -OCH3 is 2. The van der Waals surface area contributed by atoms with Crippen LogP contribution < -0.4 is 19.7 Å². The van der Waals surface area contributed by atoms with Gasteiger partial charge in [0.2, 0.25) is 0 Å². The van der Waals surface area contributed by atoms with E-state index in [1.165, 1.54) is 0 Å². The van der Waals surface area contributed by atoms with Crippen LogP contribution in [0.1, 0.15) is 16.1 Å². The van der Waals surface area contributed by atoms with Crippen LogP contribution >= 0.6 is 0 Å². The Morgan fingerprint density at radius 3 is 2.39 bits per heavy atom. The van der Waals surface area contributed by atoms with Crippen LogP contribution in [0.3, 0.4) is 0 Å². The molecule has 0 unspecified atom stereocenters. The fraction of sp³-hybridized carbons (Fsp3) is 0.182. The number of carbonyl (C=O) groups excluding carboxylic acids is 1. The van der Waals surface area contributed by atoms with Gasteiger partial charge in [-0.1, -0.05) is 24.3 Å². The lowest BCUT2D eigenvalue weighted by molar-refractivity contribution is 0.0988. The van der Waals surface area contributed by atoms with Gasteiger partial charge in [0.25, 0.3) is 5.91 Å². The third-order valence-electron chi connectivity index (χ3n) is 4.38. The molecule has 0 saturated heterocycles. The van der Waals surface area contributed by atoms with E-state index < -0.39 is 0 Å². The fourth-order valence-corrected chi connectivity index (χ4v) is 2.76. The van der Waals surface area contributed by atoms with Gasteiger partial charge in [-0.3, -0.25) is 4.79 Å². The van der Waals surface area contributed by atoms with E-state index in [1.54, 1.807) is 38.4 Å². The molecule has 28 heavy (non-hydrogen) atoms. The van der Waals surface area contributed by atoms with Gasteiger partial charge >= 0.3 is 0 Å². The Morgan fingerprint density at radius 1 is 1.00 bits per heavy atom. The molecular weight excluding hydrogens is 354 g/mol. The summed E-state index contributed by atoms with van der Waals surface area (Å²) in [4.78, 5) is 18.5. The lowest BCUT2D eigenvalue weighted by atomic mass is 10.2. The molecule has 0 radical (unpaired) electrons. The molecule has 0 bridgehead atoms. The van der Waals surface area contributed by atoms with Crippen molar-refractivity contribution in [1.82, 2.24) is 4.98 Å². The van der Waals surface area contributed by atoms with E-state index in [1.807, 2.05) is 54.6 Å². The predicted octanol–water partition coefficient (Wildman–Crippen LogP) is 3.99. The third-order valence-corrected chi connectivity index (χ3v) is 4.38. The van der Waals surface area contributed by atoms with Crippen LogP contribution in [-0.2, 0) is 6.54 Å². The number of nitrogens with one attached hydrogen (secondary N) is 1. The molecule has 3 rings (SSSR count). The van der Waals surface area contributed by atoms with Gasteiger partial charge in [-0.05, 0) is 42.0 Å². The number of nitrogens with zero attached hydrogens (tertiary/aromatic N) is 2. The maximum absolute atomic E-state index is 12.6. The van der Waals surface area contributed by atoms with Crippen LogP contribution in [0.15, 0.2) is 66.9 Å². The lowest BCUT2D eigenvalue weighted by Gasteiger charge is -2.17. The van der Waals surface area contributed by atoms with Crippen LogP contribution in [0.5, 0.6) is 11.5 Å². The normalized spacial score (nSPS) is 10.2. The van der Waals surface area contributed by atoms with Crippen LogP contribution in [0.25, 0.3) is 0 Å². The first-order valence-electron chi connectivity index (χ1n) is 8.86. The smallest absolute Gasteiger partial charge is 0.276 e. The fourth-order valence-electron chi connectivity index (χ4n) is 2.76. The molecule has 3 aromatic rings. The van der Waals surface area contributed by atoms with E-state index in [2.05, 4.69) is 10.3 Å². The first-order valence-corrected chi connectivity index (χ1v) is 8.86. The van der Waals surface area contributed by atoms with Gasteiger partial charge in [-0.15, -0.1) is 0 Å². The molecule has 1 heterocycles. The van der Waals surface area contributed by atoms with Crippen molar-refractivity contribution in [3.63, 3.8) is 0 Å². The van der Waals surface area contributed by atoms with Gasteiger partial charge in [0.15, 0.2) is 11.5 Å². The number of amides is 1. The summed E-state index contributed by atoms with van der Waals surface area (Å²) in [7, 11) is 4.96. The van der Waals surface area contributed by atoms with Crippen molar-refractivity contribution >= 4 is 17.3 Å². The summed E-state index contributed by atoms with van der Waals surface area (Å²) in [5, 5.41) is 3.29. The van der Waals surface area contributed by atoms with Crippen molar-refractivity contribution < 1.29 is 14.3 Å². The SMILES string of the molecule is COc1ccc(CNc2ccc(C(=O)N(C)c3ccccc3)nc2)cc1OC. The molecule has 6 nitrogen and oxygen atoms in total. The topological polar surface area (TPSA) is 63.7 Å². The molecule has 0 saturated carbocycles. The van der Waals surface area contributed by atoms with Crippen molar-refractivity contribution in [2.75, 3.05) is 31.5 Å². The molecule has 0 fully saturated rings. The molecule has 144 valence electrons. The van der Waals surface area contributed by atoms with Gasteiger partial charge in [0.05, 0.1) is 26.1 Å². The second-order valence-corrected chi connectivity index (χ2v) is 6.17. The number of rotatable bonds is 7. The Labute approximate surface area is 164 Å². The molecule has 0 aliphatic rings. The van der Waals surface area contributed by atoms with E-state index in [0.29, 0.717) is 23.7 Å². The maximum Gasteiger partial charge on any atom is 0.276 e. The second-order valence-electron chi connectivity index (χ2n) is 6.17. The summed E-state index contributed by atoms with van der Waals surface area (Å²) in [6.45, 7) is 0.596. The molecule has 0 aliphatic carbocycles. The molecule has 0 aliphatic heterocycles. The predicted molar refractivity (Wildman–Crippen MR) is 110 cm³/mol. The number of carbonyl (C=O) groups is 1. The van der Waals surface area contributed by atoms with E-state index in [9.17, 15) is 4.79 Å². The highest BCUT2D eigenvalue weighted by molar-refractivity contribution is 6.04. The summed E-state index contributed by atoms with van der Waals surface area (Å²) in [6.07, 6.45) is 1.66. The number of hydrogen-bond acceptors (Lipinski definition) is 5. The highest BCUT2D eigenvalue weighted by Crippen LogP contribution is 2.27. The maximum atomic E-state index is 12.6. The zero-order valence-corrected chi connectivity index (χ0v) is 16.2. The Balaban J connectivity index is 1.64. The largest absolute Gasteiger partial charge is 0.493 e. The van der Waals surface area contributed by atoms with Gasteiger partial charge in [0.1, 0.15) is 5.69 Å². The number of anilines is 2. The van der Waals surface area contributed by atoms with Gasteiger partial charge in [-0.25, -0.2) is 4.98 Å². The average molecular weight is 377 g/mol. The lowest BCUT2D eigenvalue weighted by Crippen LogP contribution is -2.26. The highest BCUT2D eigenvalue weighted by atomic mass is 16.5. The first-order chi connectivity index (χ1) is 13.6. The van der Waals surface area contributed by atoms with Gasteiger partial charge < -0.3 is 19.7 Å². The number of para-hydroxylation sites is 1. The summed E-state index contributed by atoms with van der Waals surface area (Å²) < 4.78 is 10.6. The Kier molecular flexibility index (Phi) is 6.11. The standard InChI is InChI=1S/C22H23N3O3/c1-25(18-7-5-4-6-8-18)22(26)19-11-10-17(15-24-19)23-14-16-9-12-20(27-2)21(13-16)28-3/h4-13,15,23H,14H2,1-3H3. The molecule has 2 aromatic carbocycles. The number of benzene rings is 2. The minimum absolute atomic E-state index is 0.155. The zero-order chi connectivity index (χ0) is 19.9. The molecule has 1 N–H and O–H groups in total. The average Bonchev–Trinajstić information content (AvgIpc) is 2.77. The number of hydrogen-bond donors (Lipinski definition) is 1. The number of ether oxygens (including phenoxy) is 2. The van der Waals surface area contributed by atoms with E-state index >= 15 is 0 Å². The van der Waals surface area contributed by atoms with E-state index in [0.717, 1.165) is 16.9 Å². The zero-order valence-electron chi connectivity index (χ0n) is 16.2. The summed E-state index contributed by atoms with van der Waals surface area (Å²) >= 11 is 0. The van der Waals surface area contributed by atoms with Crippen molar-refractivity contribution in [1.29, 1.82) is 0 Å². The van der Waals surface area contributed by atoms with Crippen LogP contribution in [0.4, 0.5) is 11.4 Å². The summed E-state index contributed by atoms with van der Waals surface area (Å²) in [5.74, 6) is 1.22. The molecule has 0 atom stereocenters. The number of pyridine rings is 1. The van der Waals surface area contributed by atoms with Crippen LogP contribution in [0, 0.1) is 0 Å². The molecule has 1 amide bonds. The summed E-state index contributed by atoms with van der Waals surface area (Å²) in [5.41, 5.74) is 3.09. The van der Waals surface area contributed by atoms with Gasteiger partial charge in [-0.2, -0.15) is 0 Å². The van der Waals surface area contributed by atoms with Crippen molar-refractivity contribution in [2.45, 2.75) is 6.54 Å². The first kappa shape index (κ1) is 19.2. The molecule has 0 spiro atoms. The Hall–Kier alpha value is -3.54.